The smallest absolute Gasteiger partial charge is 0.264 e. The van der Waals surface area contributed by atoms with E-state index in [0.29, 0.717) is 44.9 Å². The van der Waals surface area contributed by atoms with E-state index < -0.39 is 27.3 Å². The number of carbonyl (C=O) groups excluding carboxylic acids is 1. The molecule has 1 saturated heterocycles. The van der Waals surface area contributed by atoms with Crippen molar-refractivity contribution in [3.63, 3.8) is 0 Å². The van der Waals surface area contributed by atoms with E-state index in [0.717, 1.165) is 49.2 Å². The lowest BCUT2D eigenvalue weighted by Gasteiger charge is -2.45. The number of fused-ring (bicyclic) bond motifs is 4. The maximum Gasteiger partial charge on any atom is 0.264 e. The Bertz CT molecular complexity index is 1590. The van der Waals surface area contributed by atoms with Crippen LogP contribution in [0, 0.1) is 17.8 Å². The fourth-order valence-corrected chi connectivity index (χ4v) is 10.1. The van der Waals surface area contributed by atoms with Gasteiger partial charge in [0.2, 0.25) is 10.0 Å². The van der Waals surface area contributed by atoms with Crippen LogP contribution < -0.4 is 14.4 Å². The van der Waals surface area contributed by atoms with Crippen molar-refractivity contribution in [1.82, 2.24) is 4.72 Å². The van der Waals surface area contributed by atoms with Crippen LogP contribution in [0.15, 0.2) is 48.6 Å². The van der Waals surface area contributed by atoms with E-state index in [4.69, 9.17) is 21.1 Å². The van der Waals surface area contributed by atoms with Gasteiger partial charge in [-0.25, -0.2) is 13.1 Å². The van der Waals surface area contributed by atoms with Gasteiger partial charge < -0.3 is 19.5 Å². The summed E-state index contributed by atoms with van der Waals surface area (Å²) in [6.45, 7) is 4.41. The van der Waals surface area contributed by atoms with E-state index in [1.165, 1.54) is 11.1 Å². The first-order chi connectivity index (χ1) is 21.6. The number of anilines is 1. The number of aliphatic hydroxyl groups excluding tert-OH is 1. The number of nitrogens with zero attached hydrogens (tertiary/aromatic N) is 1. The molecule has 5 aliphatic rings. The van der Waals surface area contributed by atoms with Crippen LogP contribution >= 0.6 is 11.6 Å². The summed E-state index contributed by atoms with van der Waals surface area (Å²) in [5, 5.41) is 11.2. The Morgan fingerprint density at radius 3 is 2.76 bits per heavy atom. The molecule has 8 nitrogen and oxygen atoms in total. The van der Waals surface area contributed by atoms with Gasteiger partial charge in [-0.3, -0.25) is 4.79 Å². The van der Waals surface area contributed by atoms with Crippen molar-refractivity contribution in [2.75, 3.05) is 31.2 Å². The number of allylic oxidation sites excluding steroid dienone is 1. The number of hydrogen-bond acceptors (Lipinski definition) is 7. The van der Waals surface area contributed by atoms with Crippen LogP contribution in [-0.2, 0) is 26.6 Å². The molecule has 2 aromatic rings. The van der Waals surface area contributed by atoms with Gasteiger partial charge in [0.05, 0.1) is 29.8 Å². The molecular formula is C35H43ClN2O6S. The largest absolute Gasteiger partial charge is 0.490 e. The van der Waals surface area contributed by atoms with Gasteiger partial charge in [-0.05, 0) is 111 Å². The third kappa shape index (κ3) is 6.01. The highest BCUT2D eigenvalue weighted by Gasteiger charge is 2.44. The molecule has 1 spiro atoms. The van der Waals surface area contributed by atoms with Crippen molar-refractivity contribution in [3.8, 4) is 5.75 Å². The monoisotopic (exact) mass is 654 g/mol. The summed E-state index contributed by atoms with van der Waals surface area (Å²) in [7, 11) is -4.02. The SMILES string of the molecule is C[C@H]1C/C=C/[C@H](O)[C@@H]2CC[C@H]2CN2C[C@@]3(CCCc4cc(Cl)ccc43)COc3ccc(cc32)C(=O)NS(=O)(=O)[C@H]1C[C@H]1CCO1. The number of amides is 1. The predicted molar refractivity (Wildman–Crippen MR) is 175 cm³/mol. The minimum absolute atomic E-state index is 0.111. The molecule has 2 aliphatic carbocycles. The normalized spacial score (nSPS) is 35.0. The van der Waals surface area contributed by atoms with Crippen LogP contribution in [0.3, 0.4) is 0 Å². The number of sulfonamides is 1. The zero-order valence-electron chi connectivity index (χ0n) is 25.8. The highest BCUT2D eigenvalue weighted by atomic mass is 35.5. The summed E-state index contributed by atoms with van der Waals surface area (Å²) in [6, 6.07) is 11.4. The molecule has 0 unspecified atom stereocenters. The highest BCUT2D eigenvalue weighted by Crippen LogP contribution is 2.47. The molecule has 1 saturated carbocycles. The summed E-state index contributed by atoms with van der Waals surface area (Å²) < 4.78 is 42.1. The fourth-order valence-electron chi connectivity index (χ4n) is 8.19. The van der Waals surface area contributed by atoms with E-state index in [-0.39, 0.29) is 34.8 Å². The number of rotatable bonds is 2. The number of aryl methyl sites for hydroxylation is 1. The molecule has 45 heavy (non-hydrogen) atoms. The molecule has 3 aliphatic heterocycles. The zero-order valence-corrected chi connectivity index (χ0v) is 27.4. The van der Waals surface area contributed by atoms with Crippen molar-refractivity contribution in [3.05, 3.63) is 70.3 Å². The molecule has 0 radical (unpaired) electrons. The molecule has 2 bridgehead atoms. The predicted octanol–water partition coefficient (Wildman–Crippen LogP) is 5.40. The van der Waals surface area contributed by atoms with Crippen molar-refractivity contribution >= 4 is 33.2 Å². The van der Waals surface area contributed by atoms with Crippen LogP contribution in [0.25, 0.3) is 0 Å². The Labute approximate surface area is 271 Å². The molecular weight excluding hydrogens is 612 g/mol. The lowest BCUT2D eigenvalue weighted by atomic mass is 9.68. The van der Waals surface area contributed by atoms with Gasteiger partial charge >= 0.3 is 0 Å². The Hall–Kier alpha value is -2.59. The minimum atomic E-state index is -4.02. The molecule has 10 heteroatoms. The van der Waals surface area contributed by atoms with Gasteiger partial charge in [0.15, 0.2) is 0 Å². The minimum Gasteiger partial charge on any atom is -0.490 e. The molecule has 2 aromatic carbocycles. The zero-order chi connectivity index (χ0) is 31.3. The first-order valence-corrected chi connectivity index (χ1v) is 18.4. The van der Waals surface area contributed by atoms with E-state index in [2.05, 4.69) is 21.8 Å². The van der Waals surface area contributed by atoms with Crippen molar-refractivity contribution < 1.29 is 27.8 Å². The second-order valence-corrected chi connectivity index (χ2v) is 16.3. The summed E-state index contributed by atoms with van der Waals surface area (Å²) in [5.74, 6) is 0.153. The fraction of sp³-hybridized carbons (Fsp3) is 0.571. The maximum atomic E-state index is 13.7. The van der Waals surface area contributed by atoms with Crippen LogP contribution in [-0.4, -0.2) is 63.2 Å². The molecule has 7 rings (SSSR count). The second kappa shape index (κ2) is 12.2. The van der Waals surface area contributed by atoms with E-state index >= 15 is 0 Å². The molecule has 7 atom stereocenters. The van der Waals surface area contributed by atoms with Gasteiger partial charge in [0, 0.05) is 35.7 Å². The van der Waals surface area contributed by atoms with Crippen molar-refractivity contribution in [2.24, 2.45) is 17.8 Å². The standard InChI is InChI=1S/C35H43ClN2O6S/c1-22-4-2-6-31(39)28-10-7-25(28)19-38-20-35(14-3-5-23-16-26(36)9-11-29(23)35)21-44-32-12-8-24(17-30(32)38)34(40)37-45(41,42)33(22)18-27-13-15-43-27/h2,6,8-9,11-12,16-17,22,25,27-28,31,33,39H,3-5,7,10,13-15,18-21H2,1H3,(H,37,40)/b6-2+/t22-,25-,27+,28+,31-,33-,35-/m0/s1. The summed E-state index contributed by atoms with van der Waals surface area (Å²) >= 11 is 6.41. The summed E-state index contributed by atoms with van der Waals surface area (Å²) in [5.41, 5.74) is 3.30. The molecule has 1 amide bonds. The Morgan fingerprint density at radius 2 is 2.00 bits per heavy atom. The Morgan fingerprint density at radius 1 is 1.16 bits per heavy atom. The van der Waals surface area contributed by atoms with Gasteiger partial charge in [-0.15, -0.1) is 0 Å². The van der Waals surface area contributed by atoms with E-state index in [1.807, 2.05) is 25.1 Å². The van der Waals surface area contributed by atoms with Gasteiger partial charge in [0.25, 0.3) is 5.91 Å². The van der Waals surface area contributed by atoms with Crippen molar-refractivity contribution in [2.45, 2.75) is 81.2 Å². The second-order valence-electron chi connectivity index (χ2n) is 14.0. The highest BCUT2D eigenvalue weighted by molar-refractivity contribution is 7.90. The number of benzene rings is 2. The molecule has 2 N–H and O–H groups in total. The number of nitrogens with one attached hydrogen (secondary N) is 1. The van der Waals surface area contributed by atoms with Gasteiger partial charge in [-0.2, -0.15) is 0 Å². The quantitative estimate of drug-likeness (QED) is 0.418. The van der Waals surface area contributed by atoms with E-state index in [1.54, 1.807) is 18.2 Å². The summed E-state index contributed by atoms with van der Waals surface area (Å²) in [6.07, 6.45) is 9.55. The summed E-state index contributed by atoms with van der Waals surface area (Å²) in [4.78, 5) is 16.0. The maximum absolute atomic E-state index is 13.7. The van der Waals surface area contributed by atoms with Crippen molar-refractivity contribution in [1.29, 1.82) is 0 Å². The molecule has 0 aromatic heterocycles. The third-order valence-electron chi connectivity index (χ3n) is 11.1. The van der Waals surface area contributed by atoms with Gasteiger partial charge in [0.1, 0.15) is 5.75 Å². The third-order valence-corrected chi connectivity index (χ3v) is 13.2. The average molecular weight is 655 g/mol. The number of aliphatic hydroxyl groups is 1. The lowest BCUT2D eigenvalue weighted by molar-refractivity contribution is -0.0564. The van der Waals surface area contributed by atoms with E-state index in [9.17, 15) is 18.3 Å². The number of hydrogen-bond donors (Lipinski definition) is 2. The van der Waals surface area contributed by atoms with Crippen LogP contribution in [0.1, 0.15) is 73.4 Å². The topological polar surface area (TPSA) is 105 Å². The Balaban J connectivity index is 1.27. The molecule has 2 fully saturated rings. The lowest BCUT2D eigenvalue weighted by Crippen LogP contribution is -2.49. The number of ether oxygens (including phenoxy) is 2. The number of halogens is 1. The van der Waals surface area contributed by atoms with Crippen LogP contribution in [0.2, 0.25) is 5.02 Å². The Kier molecular flexibility index (Phi) is 8.42. The van der Waals surface area contributed by atoms with Gasteiger partial charge in [-0.1, -0.05) is 36.7 Å². The first-order valence-electron chi connectivity index (χ1n) is 16.4. The van der Waals surface area contributed by atoms with Crippen LogP contribution in [0.4, 0.5) is 5.69 Å². The first kappa shape index (κ1) is 31.0. The average Bonchev–Trinajstić information content (AvgIpc) is 3.10. The molecule has 3 heterocycles. The van der Waals surface area contributed by atoms with Crippen LogP contribution in [0.5, 0.6) is 5.75 Å². The molecule has 242 valence electrons. The number of carbonyl (C=O) groups is 1.